The molecule has 10 rings (SSSR count). The number of hydrogen-bond donors (Lipinski definition) is 5. The fourth-order valence-electron chi connectivity index (χ4n) is 9.29. The SMILES string of the molecule is CC(C)(O)COc1cc(-c2ccc(F)nc2)c2c(C#N)cnn2c1.COc1ccc(CC2(N)CCN(c3ccc(-c4cc(OCC(C)(C)O)cn5ncc(C#N)c45)cn3)CC2)cn1.COc1ccc(CC2(N)CCNCC2)cn1. The minimum atomic E-state index is -0.992. The number of pyridine rings is 6. The number of halogens is 1. The highest BCUT2D eigenvalue weighted by molar-refractivity contribution is 5.86. The second kappa shape index (κ2) is 24.6. The maximum absolute atomic E-state index is 13.1. The number of nitriles is 2. The van der Waals surface area contributed by atoms with Gasteiger partial charge < -0.3 is 50.8 Å². The average molecular weight is 1080 g/mol. The summed E-state index contributed by atoms with van der Waals surface area (Å²) < 4.78 is 37.9. The van der Waals surface area contributed by atoms with E-state index in [1.807, 2.05) is 61.1 Å². The highest BCUT2D eigenvalue weighted by Gasteiger charge is 2.32. The number of aromatic nitrogens is 8. The van der Waals surface area contributed by atoms with Crippen molar-refractivity contribution in [3.63, 3.8) is 0 Å². The third-order valence-electron chi connectivity index (χ3n) is 13.5. The van der Waals surface area contributed by atoms with Gasteiger partial charge in [-0.2, -0.15) is 25.1 Å². The maximum Gasteiger partial charge on any atom is 0.212 e. The number of rotatable bonds is 15. The first kappa shape index (κ1) is 56.9. The van der Waals surface area contributed by atoms with Gasteiger partial charge in [-0.15, -0.1) is 0 Å². The highest BCUT2D eigenvalue weighted by Crippen LogP contribution is 2.34. The number of nitrogens with zero attached hydrogens (tertiary/aromatic N) is 11. The first-order valence-electron chi connectivity index (χ1n) is 25.9. The van der Waals surface area contributed by atoms with Gasteiger partial charge in [-0.3, -0.25) is 0 Å². The lowest BCUT2D eigenvalue weighted by atomic mass is 9.83. The van der Waals surface area contributed by atoms with E-state index in [4.69, 9.17) is 35.4 Å². The summed E-state index contributed by atoms with van der Waals surface area (Å²) in [4.78, 5) is 19.2. The molecule has 2 aliphatic rings. The molecule has 0 aromatic carbocycles. The van der Waals surface area contributed by atoms with Crippen LogP contribution in [-0.4, -0.2) is 125 Å². The Morgan fingerprint density at radius 3 is 1.49 bits per heavy atom. The summed E-state index contributed by atoms with van der Waals surface area (Å²) in [5.74, 6) is 2.56. The molecule has 20 nitrogen and oxygen atoms in total. The Morgan fingerprint density at radius 1 is 0.633 bits per heavy atom. The Kier molecular flexibility index (Phi) is 17.7. The van der Waals surface area contributed by atoms with Gasteiger partial charge in [-0.1, -0.05) is 12.1 Å². The summed E-state index contributed by atoms with van der Waals surface area (Å²) in [6.45, 7) is 10.5. The summed E-state index contributed by atoms with van der Waals surface area (Å²) in [5.41, 5.74) is 18.1. The zero-order chi connectivity index (χ0) is 56.4. The fourth-order valence-corrected chi connectivity index (χ4v) is 9.29. The van der Waals surface area contributed by atoms with Crippen LogP contribution in [0.1, 0.15) is 75.6 Å². The number of nitrogens with two attached hydrogens (primary N) is 2. The number of hydrogen-bond acceptors (Lipinski definition) is 18. The molecule has 21 heteroatoms. The summed E-state index contributed by atoms with van der Waals surface area (Å²) in [5, 5.41) is 50.6. The average Bonchev–Trinajstić information content (AvgIpc) is 4.15. The molecule has 2 fully saturated rings. The highest BCUT2D eigenvalue weighted by atomic mass is 19.1. The van der Waals surface area contributed by atoms with Gasteiger partial charge in [0.25, 0.3) is 0 Å². The van der Waals surface area contributed by atoms with E-state index in [1.54, 1.807) is 71.0 Å². The maximum atomic E-state index is 13.1. The molecule has 0 saturated carbocycles. The van der Waals surface area contributed by atoms with Crippen LogP contribution in [0.15, 0.2) is 110 Å². The van der Waals surface area contributed by atoms with E-state index in [-0.39, 0.29) is 24.3 Å². The van der Waals surface area contributed by atoms with Gasteiger partial charge in [0.05, 0.1) is 72.4 Å². The second-order valence-electron chi connectivity index (χ2n) is 21.3. The molecular weight excluding hydrogens is 1010 g/mol. The van der Waals surface area contributed by atoms with Crippen molar-refractivity contribution in [1.29, 1.82) is 10.5 Å². The number of nitrogens with one attached hydrogen (secondary N) is 1. The molecule has 8 aromatic rings. The number of piperidine rings is 2. The number of anilines is 1. The lowest BCUT2D eigenvalue weighted by molar-refractivity contribution is 0.0280. The van der Waals surface area contributed by atoms with E-state index in [2.05, 4.69) is 47.5 Å². The second-order valence-corrected chi connectivity index (χ2v) is 21.3. The van der Waals surface area contributed by atoms with E-state index in [1.165, 1.54) is 34.7 Å². The van der Waals surface area contributed by atoms with Crippen molar-refractivity contribution in [2.24, 2.45) is 11.5 Å². The molecule has 0 aliphatic carbocycles. The van der Waals surface area contributed by atoms with E-state index in [9.17, 15) is 25.1 Å². The third-order valence-corrected chi connectivity index (χ3v) is 13.5. The molecule has 7 N–H and O–H groups in total. The van der Waals surface area contributed by atoms with E-state index < -0.39 is 17.1 Å². The van der Waals surface area contributed by atoms with Gasteiger partial charge in [-0.25, -0.2) is 29.0 Å². The van der Waals surface area contributed by atoms with Crippen LogP contribution in [-0.2, 0) is 12.8 Å². The van der Waals surface area contributed by atoms with Crippen molar-refractivity contribution >= 4 is 16.9 Å². The van der Waals surface area contributed by atoms with Gasteiger partial charge in [0.15, 0.2) is 0 Å². The molecule has 0 amide bonds. The van der Waals surface area contributed by atoms with Gasteiger partial charge in [0.1, 0.15) is 42.7 Å². The number of fused-ring (bicyclic) bond motifs is 2. The number of aliphatic hydroxyl groups is 2. The molecule has 0 unspecified atom stereocenters. The Balaban J connectivity index is 0.000000174. The van der Waals surface area contributed by atoms with E-state index in [0.717, 1.165) is 87.2 Å². The molecule has 2 saturated heterocycles. The van der Waals surface area contributed by atoms with Crippen molar-refractivity contribution in [3.05, 3.63) is 138 Å². The molecule has 0 bridgehead atoms. The predicted octanol–water partition coefficient (Wildman–Crippen LogP) is 6.63. The summed E-state index contributed by atoms with van der Waals surface area (Å²) in [6, 6.07) is 22.5. The van der Waals surface area contributed by atoms with Crippen molar-refractivity contribution in [1.82, 2.24) is 44.5 Å². The minimum Gasteiger partial charge on any atom is -0.489 e. The number of ether oxygens (including phenoxy) is 4. The molecule has 2 aliphatic heterocycles. The quantitative estimate of drug-likeness (QED) is 0.0674. The summed E-state index contributed by atoms with van der Waals surface area (Å²) in [6.07, 6.45) is 18.6. The molecule has 10 heterocycles. The van der Waals surface area contributed by atoms with Crippen molar-refractivity contribution in [2.75, 3.05) is 58.5 Å². The van der Waals surface area contributed by atoms with Gasteiger partial charge in [0.2, 0.25) is 17.7 Å². The van der Waals surface area contributed by atoms with Crippen LogP contribution >= 0.6 is 0 Å². The topological polar surface area (TPSA) is 278 Å². The lowest BCUT2D eigenvalue weighted by Crippen LogP contribution is -2.52. The molecule has 0 spiro atoms. The molecule has 79 heavy (non-hydrogen) atoms. The fraction of sp³-hybridized carbons (Fsp3) is 0.379. The van der Waals surface area contributed by atoms with Crippen LogP contribution in [0.5, 0.6) is 23.3 Å². The first-order valence-corrected chi connectivity index (χ1v) is 25.9. The van der Waals surface area contributed by atoms with E-state index in [0.29, 0.717) is 56.5 Å². The largest absolute Gasteiger partial charge is 0.489 e. The molecule has 8 aromatic heterocycles. The lowest BCUT2D eigenvalue weighted by Gasteiger charge is -2.40. The summed E-state index contributed by atoms with van der Waals surface area (Å²) in [7, 11) is 3.23. The van der Waals surface area contributed by atoms with Gasteiger partial charge in [-0.05, 0) is 127 Å². The van der Waals surface area contributed by atoms with Crippen LogP contribution in [0.25, 0.3) is 33.3 Å². The summed E-state index contributed by atoms with van der Waals surface area (Å²) >= 11 is 0. The Labute approximate surface area is 458 Å². The molecule has 0 atom stereocenters. The standard InChI is InChI=1S/C29H33N7O3.C17H15FN4O2.C12H19N3O/c1-28(2,37)19-39-23-12-24(27-22(14-30)17-34-36(27)18-23)21-5-6-25(32-16-21)35-10-8-29(31,9-11-35)13-20-4-7-26(38-3)33-15-20;1-17(2,23)10-24-13-5-14(11-3-4-15(18)20-7-11)16-12(6-19)8-21-22(16)9-13;1-16-11-3-2-10(9-15-11)8-12(13)4-6-14-7-5-12/h4-7,12,15-18,37H,8-11,13,19,31H2,1-3H3;3-5,7-9,23H,10H2,1-2H3;2-3,9,14H,4-8,13H2,1H3. The zero-order valence-corrected chi connectivity index (χ0v) is 45.4. The Bertz CT molecular complexity index is 3380. The van der Waals surface area contributed by atoms with Gasteiger partial charge >= 0.3 is 0 Å². The smallest absolute Gasteiger partial charge is 0.212 e. The Hall–Kier alpha value is -8.31. The van der Waals surface area contributed by atoms with Crippen molar-refractivity contribution < 1.29 is 33.6 Å². The monoisotopic (exact) mass is 1070 g/mol. The van der Waals surface area contributed by atoms with Crippen molar-refractivity contribution in [2.45, 2.75) is 88.5 Å². The van der Waals surface area contributed by atoms with E-state index >= 15 is 0 Å². The first-order chi connectivity index (χ1) is 37.7. The van der Waals surface area contributed by atoms with Crippen LogP contribution in [0, 0.1) is 28.6 Å². The molecule has 0 radical (unpaired) electrons. The predicted molar refractivity (Wildman–Crippen MR) is 296 cm³/mol. The van der Waals surface area contributed by atoms with Crippen LogP contribution in [0.4, 0.5) is 10.2 Å². The minimum absolute atomic E-state index is 0.0679. The zero-order valence-electron chi connectivity index (χ0n) is 45.4. The normalized spacial score (nSPS) is 14.9. The van der Waals surface area contributed by atoms with Crippen molar-refractivity contribution in [3.8, 4) is 57.7 Å². The van der Waals surface area contributed by atoms with Crippen LogP contribution in [0.3, 0.4) is 0 Å². The molecular formula is C58H67FN14O6. The molecule has 412 valence electrons. The third kappa shape index (κ3) is 15.0. The van der Waals surface area contributed by atoms with Crippen LogP contribution < -0.4 is 40.6 Å². The van der Waals surface area contributed by atoms with Crippen LogP contribution in [0.2, 0.25) is 0 Å². The number of methoxy groups -OCH3 is 2. The van der Waals surface area contributed by atoms with Gasteiger partial charge in [0, 0.05) is 83.3 Å². The Morgan fingerprint density at radius 2 is 1.10 bits per heavy atom.